The van der Waals surface area contributed by atoms with Gasteiger partial charge in [-0.15, -0.1) is 0 Å². The van der Waals surface area contributed by atoms with Gasteiger partial charge in [0.1, 0.15) is 0 Å². The van der Waals surface area contributed by atoms with Crippen molar-refractivity contribution in [2.24, 2.45) is 5.92 Å². The van der Waals surface area contributed by atoms with Gasteiger partial charge in [-0.2, -0.15) is 0 Å². The highest BCUT2D eigenvalue weighted by atomic mass is 32.2. The van der Waals surface area contributed by atoms with E-state index >= 15 is 0 Å². The fraction of sp³-hybridized carbons (Fsp3) is 0.571. The molecule has 0 spiro atoms. The van der Waals surface area contributed by atoms with Gasteiger partial charge in [-0.05, 0) is 31.5 Å². The predicted octanol–water partition coefficient (Wildman–Crippen LogP) is 2.12. The summed E-state index contributed by atoms with van der Waals surface area (Å²) in [5.74, 6) is 0.311. The number of benzene rings is 1. The summed E-state index contributed by atoms with van der Waals surface area (Å²) in [5.41, 5.74) is 0.786. The van der Waals surface area contributed by atoms with Gasteiger partial charge in [0, 0.05) is 12.6 Å². The van der Waals surface area contributed by atoms with Gasteiger partial charge in [0.05, 0.1) is 4.90 Å². The van der Waals surface area contributed by atoms with Gasteiger partial charge in [-0.25, -0.2) is 13.1 Å². The van der Waals surface area contributed by atoms with Gasteiger partial charge in [0.15, 0.2) is 0 Å². The molecule has 0 aliphatic carbocycles. The van der Waals surface area contributed by atoms with Crippen LogP contribution >= 0.6 is 0 Å². The zero-order chi connectivity index (χ0) is 14.5. The number of nitrogens with one attached hydrogen (secondary N) is 2. The molecule has 2 atom stereocenters. The number of rotatable bonds is 7. The van der Waals surface area contributed by atoms with Crippen LogP contribution in [-0.4, -0.2) is 21.5 Å². The predicted molar refractivity (Wildman–Crippen MR) is 78.4 cm³/mol. The van der Waals surface area contributed by atoms with Crippen LogP contribution in [0.2, 0.25) is 0 Å². The molecule has 0 saturated heterocycles. The largest absolute Gasteiger partial charge is 0.316 e. The molecule has 1 aromatic rings. The first kappa shape index (κ1) is 16.1. The highest BCUT2D eigenvalue weighted by molar-refractivity contribution is 7.89. The molecule has 108 valence electrons. The van der Waals surface area contributed by atoms with Crippen molar-refractivity contribution in [1.82, 2.24) is 10.0 Å². The Morgan fingerprint density at radius 3 is 2.42 bits per heavy atom. The van der Waals surface area contributed by atoms with Crippen LogP contribution < -0.4 is 10.0 Å². The van der Waals surface area contributed by atoms with E-state index in [2.05, 4.69) is 17.0 Å². The van der Waals surface area contributed by atoms with Crippen molar-refractivity contribution in [1.29, 1.82) is 0 Å². The Morgan fingerprint density at radius 2 is 1.84 bits per heavy atom. The van der Waals surface area contributed by atoms with Crippen molar-refractivity contribution in [3.05, 3.63) is 29.8 Å². The third-order valence-corrected chi connectivity index (χ3v) is 5.13. The highest BCUT2D eigenvalue weighted by Crippen LogP contribution is 2.17. The molecule has 1 aromatic carbocycles. The first-order chi connectivity index (χ1) is 8.92. The van der Waals surface area contributed by atoms with Crippen molar-refractivity contribution >= 4 is 10.0 Å². The summed E-state index contributed by atoms with van der Waals surface area (Å²) in [5, 5.41) is 2.99. The summed E-state index contributed by atoms with van der Waals surface area (Å²) >= 11 is 0. The maximum atomic E-state index is 12.4. The van der Waals surface area contributed by atoms with Crippen LogP contribution in [-0.2, 0) is 16.6 Å². The van der Waals surface area contributed by atoms with Crippen LogP contribution in [0.15, 0.2) is 29.2 Å². The Hall–Kier alpha value is -0.910. The number of hydrogen-bond acceptors (Lipinski definition) is 3. The van der Waals surface area contributed by atoms with E-state index in [9.17, 15) is 8.42 Å². The second-order valence-electron chi connectivity index (χ2n) is 4.93. The molecule has 5 heteroatoms. The lowest BCUT2D eigenvalue weighted by atomic mass is 10.0. The molecular formula is C14H24N2O2S. The van der Waals surface area contributed by atoms with Crippen LogP contribution in [0, 0.1) is 5.92 Å². The van der Waals surface area contributed by atoms with E-state index in [1.54, 1.807) is 19.2 Å². The standard InChI is InChI=1S/C14H24N2O2S/c1-5-11(2)12(3)16-19(17,18)14-9-7-6-8-13(14)10-15-4/h6-9,11-12,15-16H,5,10H2,1-4H3. The Labute approximate surface area is 116 Å². The van der Waals surface area contributed by atoms with Gasteiger partial charge in [-0.3, -0.25) is 0 Å². The molecule has 0 radical (unpaired) electrons. The van der Waals surface area contributed by atoms with Gasteiger partial charge >= 0.3 is 0 Å². The molecule has 0 heterocycles. The van der Waals surface area contributed by atoms with E-state index < -0.39 is 10.0 Å². The third kappa shape index (κ3) is 4.30. The first-order valence-electron chi connectivity index (χ1n) is 6.67. The Morgan fingerprint density at radius 1 is 1.21 bits per heavy atom. The van der Waals surface area contributed by atoms with E-state index in [-0.39, 0.29) is 6.04 Å². The zero-order valence-corrected chi connectivity index (χ0v) is 12.9. The van der Waals surface area contributed by atoms with E-state index in [0.717, 1.165) is 12.0 Å². The van der Waals surface area contributed by atoms with Gasteiger partial charge in [-0.1, -0.05) is 38.5 Å². The maximum absolute atomic E-state index is 12.4. The molecule has 1 rings (SSSR count). The summed E-state index contributed by atoms with van der Waals surface area (Å²) in [6, 6.07) is 7.01. The minimum atomic E-state index is -3.46. The summed E-state index contributed by atoms with van der Waals surface area (Å²) in [4.78, 5) is 0.361. The molecule has 0 amide bonds. The van der Waals surface area contributed by atoms with Crippen molar-refractivity contribution < 1.29 is 8.42 Å². The van der Waals surface area contributed by atoms with Crippen LogP contribution in [0.25, 0.3) is 0 Å². The molecule has 2 N–H and O–H groups in total. The molecule has 0 aromatic heterocycles. The summed E-state index contributed by atoms with van der Waals surface area (Å²) < 4.78 is 27.6. The molecule has 0 fully saturated rings. The minimum absolute atomic E-state index is 0.0716. The quantitative estimate of drug-likeness (QED) is 0.806. The summed E-state index contributed by atoms with van der Waals surface area (Å²) in [6.45, 7) is 6.55. The molecule has 0 saturated carbocycles. The van der Waals surface area contributed by atoms with Crippen molar-refractivity contribution in [2.45, 2.75) is 44.7 Å². The lowest BCUT2D eigenvalue weighted by Gasteiger charge is -2.20. The van der Waals surface area contributed by atoms with E-state index in [0.29, 0.717) is 17.4 Å². The first-order valence-corrected chi connectivity index (χ1v) is 8.15. The van der Waals surface area contributed by atoms with Gasteiger partial charge in [0.25, 0.3) is 0 Å². The average Bonchev–Trinajstić information content (AvgIpc) is 2.38. The Kier molecular flexibility index (Phi) is 5.97. The minimum Gasteiger partial charge on any atom is -0.316 e. The van der Waals surface area contributed by atoms with Gasteiger partial charge < -0.3 is 5.32 Å². The van der Waals surface area contributed by atoms with Crippen LogP contribution in [0.3, 0.4) is 0 Å². The van der Waals surface area contributed by atoms with Crippen LogP contribution in [0.4, 0.5) is 0 Å². The van der Waals surface area contributed by atoms with Crippen LogP contribution in [0.5, 0.6) is 0 Å². The number of sulfonamides is 1. The lowest BCUT2D eigenvalue weighted by Crippen LogP contribution is -2.37. The SMILES string of the molecule is CCC(C)C(C)NS(=O)(=O)c1ccccc1CNC. The third-order valence-electron chi connectivity index (χ3n) is 3.47. The lowest BCUT2D eigenvalue weighted by molar-refractivity contribution is 0.433. The fourth-order valence-corrected chi connectivity index (χ4v) is 3.47. The normalized spacial score (nSPS) is 15.2. The molecule has 0 aliphatic rings. The van der Waals surface area contributed by atoms with E-state index in [1.165, 1.54) is 0 Å². The zero-order valence-electron chi connectivity index (χ0n) is 12.1. The van der Waals surface area contributed by atoms with Gasteiger partial charge in [0.2, 0.25) is 10.0 Å². The molecular weight excluding hydrogens is 260 g/mol. The molecule has 4 nitrogen and oxygen atoms in total. The topological polar surface area (TPSA) is 58.2 Å². The Balaban J connectivity index is 3.00. The average molecular weight is 284 g/mol. The maximum Gasteiger partial charge on any atom is 0.241 e. The van der Waals surface area contributed by atoms with E-state index in [4.69, 9.17) is 0 Å². The van der Waals surface area contributed by atoms with E-state index in [1.807, 2.05) is 26.0 Å². The second-order valence-corrected chi connectivity index (χ2v) is 6.62. The highest BCUT2D eigenvalue weighted by Gasteiger charge is 2.22. The monoisotopic (exact) mass is 284 g/mol. The molecule has 2 unspecified atom stereocenters. The molecule has 0 aliphatic heterocycles. The summed E-state index contributed by atoms with van der Waals surface area (Å²) in [7, 11) is -1.65. The second kappa shape index (κ2) is 7.03. The van der Waals surface area contributed by atoms with Crippen molar-refractivity contribution in [2.75, 3.05) is 7.05 Å². The summed E-state index contributed by atoms with van der Waals surface area (Å²) in [6.07, 6.45) is 0.946. The molecule has 19 heavy (non-hydrogen) atoms. The Bertz CT molecular complexity index is 500. The van der Waals surface area contributed by atoms with Crippen LogP contribution in [0.1, 0.15) is 32.8 Å². The fourth-order valence-electron chi connectivity index (χ4n) is 1.88. The molecule has 0 bridgehead atoms. The van der Waals surface area contributed by atoms with Crippen molar-refractivity contribution in [3.63, 3.8) is 0 Å². The smallest absolute Gasteiger partial charge is 0.241 e. The number of hydrogen-bond donors (Lipinski definition) is 2. The van der Waals surface area contributed by atoms with Crippen molar-refractivity contribution in [3.8, 4) is 0 Å².